The number of aromatic nitrogens is 1. The van der Waals surface area contributed by atoms with Crippen LogP contribution in [0.3, 0.4) is 0 Å². The fraction of sp³-hybridized carbons (Fsp3) is 0.143. The molecule has 0 fully saturated rings. The van der Waals surface area contributed by atoms with Crippen molar-refractivity contribution in [1.29, 1.82) is 0 Å². The van der Waals surface area contributed by atoms with Crippen LogP contribution in [0.5, 0.6) is 0 Å². The number of aromatic carboxylic acids is 1. The summed E-state index contributed by atoms with van der Waals surface area (Å²) < 4.78 is 12.2. The Hall–Kier alpha value is -2.01. The van der Waals surface area contributed by atoms with Gasteiger partial charge in [0.05, 0.1) is 27.8 Å². The fourth-order valence-electron chi connectivity index (χ4n) is 1.63. The van der Waals surface area contributed by atoms with E-state index in [1.54, 1.807) is 18.3 Å². The zero-order valence-electron chi connectivity index (χ0n) is 10.4. The molecule has 0 aliphatic heterocycles. The highest BCUT2D eigenvalue weighted by atomic mass is 32.2. The first kappa shape index (κ1) is 13.4. The zero-order chi connectivity index (χ0) is 13.8. The number of nitrogens with zero attached hydrogens (tertiary/aromatic N) is 1. The normalized spacial score (nSPS) is 12.1. The molecule has 98 valence electrons. The minimum atomic E-state index is -1.22. The third kappa shape index (κ3) is 3.26. The molecular weight excluding hydrogens is 262 g/mol. The molecule has 0 saturated heterocycles. The summed E-state index contributed by atoms with van der Waals surface area (Å²) in [6.45, 7) is 1.92. The zero-order valence-corrected chi connectivity index (χ0v) is 11.2. The second kappa shape index (κ2) is 5.75. The van der Waals surface area contributed by atoms with Gasteiger partial charge in [0.2, 0.25) is 0 Å². The number of rotatable bonds is 4. The molecule has 1 N–H and O–H groups in total. The molecule has 0 saturated carbocycles. The predicted molar refractivity (Wildman–Crippen MR) is 72.5 cm³/mol. The highest BCUT2D eigenvalue weighted by molar-refractivity contribution is 7.84. The molecule has 0 spiro atoms. The van der Waals surface area contributed by atoms with Gasteiger partial charge in [-0.25, -0.2) is 4.79 Å². The summed E-state index contributed by atoms with van der Waals surface area (Å²) in [6, 6.07) is 9.84. The number of hydrogen-bond acceptors (Lipinski definition) is 3. The molecule has 2 rings (SSSR count). The molecule has 0 amide bonds. The van der Waals surface area contributed by atoms with Crippen molar-refractivity contribution < 1.29 is 14.1 Å². The second-order valence-electron chi connectivity index (χ2n) is 4.09. The van der Waals surface area contributed by atoms with Crippen LogP contribution >= 0.6 is 0 Å². The van der Waals surface area contributed by atoms with Crippen LogP contribution in [0.2, 0.25) is 0 Å². The van der Waals surface area contributed by atoms with E-state index in [2.05, 4.69) is 4.98 Å². The van der Waals surface area contributed by atoms with Crippen LogP contribution in [-0.2, 0) is 16.6 Å². The molecule has 1 atom stereocenters. The van der Waals surface area contributed by atoms with Crippen molar-refractivity contribution in [2.45, 2.75) is 17.6 Å². The maximum Gasteiger partial charge on any atom is 0.335 e. The maximum atomic E-state index is 12.2. The van der Waals surface area contributed by atoms with E-state index in [1.165, 1.54) is 12.1 Å². The Morgan fingerprint density at radius 1 is 1.26 bits per heavy atom. The van der Waals surface area contributed by atoms with E-state index in [-0.39, 0.29) is 5.56 Å². The van der Waals surface area contributed by atoms with Crippen LogP contribution in [0.15, 0.2) is 47.5 Å². The number of aryl methyl sites for hydroxylation is 1. The standard InChI is InChI=1S/C14H13NO3S/c1-10-3-2-8-15-13(10)9-19(18)12-6-4-11(5-7-12)14(16)17/h2-8H,9H2,1H3,(H,16,17). The van der Waals surface area contributed by atoms with E-state index < -0.39 is 16.8 Å². The molecule has 19 heavy (non-hydrogen) atoms. The minimum absolute atomic E-state index is 0.190. The minimum Gasteiger partial charge on any atom is -0.478 e. The Balaban J connectivity index is 2.16. The van der Waals surface area contributed by atoms with Gasteiger partial charge < -0.3 is 5.11 Å². The van der Waals surface area contributed by atoms with Gasteiger partial charge in [-0.2, -0.15) is 0 Å². The van der Waals surface area contributed by atoms with Gasteiger partial charge in [0, 0.05) is 11.1 Å². The first-order valence-electron chi connectivity index (χ1n) is 5.70. The van der Waals surface area contributed by atoms with Crippen molar-refractivity contribution >= 4 is 16.8 Å². The molecule has 0 aliphatic carbocycles. The van der Waals surface area contributed by atoms with Gasteiger partial charge in [-0.3, -0.25) is 9.19 Å². The summed E-state index contributed by atoms with van der Waals surface area (Å²) in [5.74, 6) is -0.656. The van der Waals surface area contributed by atoms with E-state index in [0.717, 1.165) is 11.3 Å². The topological polar surface area (TPSA) is 67.3 Å². The van der Waals surface area contributed by atoms with Crippen molar-refractivity contribution in [2.75, 3.05) is 0 Å². The van der Waals surface area contributed by atoms with Crippen LogP contribution in [0.4, 0.5) is 0 Å². The quantitative estimate of drug-likeness (QED) is 0.930. The maximum absolute atomic E-state index is 12.2. The number of benzene rings is 1. The molecule has 5 heteroatoms. The summed E-state index contributed by atoms with van der Waals surface area (Å²) in [7, 11) is -1.22. The Bertz CT molecular complexity index is 623. The van der Waals surface area contributed by atoms with Gasteiger partial charge in [0.25, 0.3) is 0 Å². The van der Waals surface area contributed by atoms with E-state index in [1.807, 2.05) is 19.1 Å². The second-order valence-corrected chi connectivity index (χ2v) is 5.54. The number of hydrogen-bond donors (Lipinski definition) is 1. The number of carboxylic acids is 1. The largest absolute Gasteiger partial charge is 0.478 e. The molecule has 0 radical (unpaired) electrons. The van der Waals surface area contributed by atoms with Crippen LogP contribution in [0, 0.1) is 6.92 Å². The van der Waals surface area contributed by atoms with Crippen molar-refractivity contribution in [3.05, 3.63) is 59.4 Å². The lowest BCUT2D eigenvalue weighted by Gasteiger charge is -2.05. The van der Waals surface area contributed by atoms with Crippen LogP contribution in [0.1, 0.15) is 21.6 Å². The average Bonchev–Trinajstić information content (AvgIpc) is 2.41. The van der Waals surface area contributed by atoms with Crippen LogP contribution in [-0.4, -0.2) is 20.3 Å². The molecule has 1 unspecified atom stereocenters. The van der Waals surface area contributed by atoms with Gasteiger partial charge in [0.1, 0.15) is 0 Å². The van der Waals surface area contributed by atoms with Gasteiger partial charge in [-0.1, -0.05) is 6.07 Å². The lowest BCUT2D eigenvalue weighted by molar-refractivity contribution is 0.0697. The Morgan fingerprint density at radius 3 is 2.53 bits per heavy atom. The average molecular weight is 275 g/mol. The SMILES string of the molecule is Cc1cccnc1CS(=O)c1ccc(C(=O)O)cc1. The third-order valence-electron chi connectivity index (χ3n) is 2.75. The summed E-state index contributed by atoms with van der Waals surface area (Å²) in [5, 5.41) is 8.80. The molecular formula is C14H13NO3S. The Morgan fingerprint density at radius 2 is 1.95 bits per heavy atom. The molecule has 4 nitrogen and oxygen atoms in total. The highest BCUT2D eigenvalue weighted by Crippen LogP contribution is 2.14. The first-order valence-corrected chi connectivity index (χ1v) is 7.02. The van der Waals surface area contributed by atoms with Crippen LogP contribution in [0.25, 0.3) is 0 Å². The monoisotopic (exact) mass is 275 g/mol. The van der Waals surface area contributed by atoms with Gasteiger partial charge >= 0.3 is 5.97 Å². The summed E-state index contributed by atoms with van der Waals surface area (Å²) in [4.78, 5) is 15.5. The molecule has 0 aliphatic rings. The first-order chi connectivity index (χ1) is 9.08. The molecule has 2 aromatic rings. The highest BCUT2D eigenvalue weighted by Gasteiger charge is 2.09. The van der Waals surface area contributed by atoms with Crippen molar-refractivity contribution in [3.8, 4) is 0 Å². The lowest BCUT2D eigenvalue weighted by atomic mass is 10.2. The fourth-order valence-corrected chi connectivity index (χ4v) is 2.78. The number of carbonyl (C=O) groups is 1. The number of carboxylic acid groups (broad SMARTS) is 1. The lowest BCUT2D eigenvalue weighted by Crippen LogP contribution is -2.02. The number of pyridine rings is 1. The van der Waals surface area contributed by atoms with Crippen molar-refractivity contribution in [1.82, 2.24) is 4.98 Å². The van der Waals surface area contributed by atoms with E-state index >= 15 is 0 Å². The van der Waals surface area contributed by atoms with Crippen molar-refractivity contribution in [3.63, 3.8) is 0 Å². The van der Waals surface area contributed by atoms with Crippen molar-refractivity contribution in [2.24, 2.45) is 0 Å². The van der Waals surface area contributed by atoms with E-state index in [0.29, 0.717) is 10.6 Å². The molecule has 1 aromatic carbocycles. The third-order valence-corrected chi connectivity index (χ3v) is 4.08. The summed E-state index contributed by atoms with van der Waals surface area (Å²) in [5.41, 5.74) is 1.98. The Labute approximate surface area is 113 Å². The summed E-state index contributed by atoms with van der Waals surface area (Å²) in [6.07, 6.45) is 1.67. The van der Waals surface area contributed by atoms with Gasteiger partial charge in [-0.05, 0) is 42.8 Å². The summed E-state index contributed by atoms with van der Waals surface area (Å²) >= 11 is 0. The Kier molecular flexibility index (Phi) is 4.06. The van der Waals surface area contributed by atoms with E-state index in [4.69, 9.17) is 5.11 Å². The van der Waals surface area contributed by atoms with Gasteiger partial charge in [-0.15, -0.1) is 0 Å². The van der Waals surface area contributed by atoms with Crippen LogP contribution < -0.4 is 0 Å². The molecule has 1 aromatic heterocycles. The predicted octanol–water partition coefficient (Wildman–Crippen LogP) is 2.40. The molecule has 1 heterocycles. The molecule has 0 bridgehead atoms. The smallest absolute Gasteiger partial charge is 0.335 e. The van der Waals surface area contributed by atoms with Gasteiger partial charge in [0.15, 0.2) is 0 Å². The van der Waals surface area contributed by atoms with E-state index in [9.17, 15) is 9.00 Å².